The minimum absolute atomic E-state index is 0.0456. The summed E-state index contributed by atoms with van der Waals surface area (Å²) in [5.41, 5.74) is 3.70. The standard InChI is InChI=1S/C29H41N3O3/c1-5-35-26-9-7-6-8-24(26)21-30-27(33)14-15-28(34)31-25-16-18-29(19-17-25,32(3)4)20-23-12-10-22(2)11-13-23/h6-13,25H,5,14-21H2,1-4H3,(H,30,33)(H,31,34). The first-order chi connectivity index (χ1) is 16.8. The number of rotatable bonds is 11. The van der Waals surface area contributed by atoms with Gasteiger partial charge in [-0.05, 0) is 71.7 Å². The van der Waals surface area contributed by atoms with Gasteiger partial charge in [0.05, 0.1) is 6.61 Å². The van der Waals surface area contributed by atoms with Crippen molar-refractivity contribution in [3.8, 4) is 5.75 Å². The lowest BCUT2D eigenvalue weighted by Crippen LogP contribution is -2.52. The number of likely N-dealkylation sites (N-methyl/N-ethyl adjacent to an activating group) is 1. The summed E-state index contributed by atoms with van der Waals surface area (Å²) in [6.07, 6.45) is 5.40. The van der Waals surface area contributed by atoms with Crippen molar-refractivity contribution in [2.45, 2.75) is 76.9 Å². The lowest BCUT2D eigenvalue weighted by atomic mass is 9.74. The van der Waals surface area contributed by atoms with Crippen LogP contribution in [0.3, 0.4) is 0 Å². The molecule has 1 aliphatic rings. The van der Waals surface area contributed by atoms with Gasteiger partial charge in [0.2, 0.25) is 11.8 Å². The number of nitrogens with zero attached hydrogens (tertiary/aromatic N) is 1. The van der Waals surface area contributed by atoms with Crippen LogP contribution >= 0.6 is 0 Å². The summed E-state index contributed by atoms with van der Waals surface area (Å²) in [6.45, 7) is 5.02. The Morgan fingerprint density at radius 1 is 1.00 bits per heavy atom. The third-order valence-corrected chi connectivity index (χ3v) is 7.21. The highest BCUT2D eigenvalue weighted by Gasteiger charge is 2.37. The molecule has 3 rings (SSSR count). The van der Waals surface area contributed by atoms with Crippen molar-refractivity contribution in [3.05, 3.63) is 65.2 Å². The number of ether oxygens (including phenoxy) is 1. The number of hydrogen-bond acceptors (Lipinski definition) is 4. The molecule has 0 aromatic heterocycles. The van der Waals surface area contributed by atoms with Crippen molar-refractivity contribution < 1.29 is 14.3 Å². The molecule has 1 saturated carbocycles. The number of nitrogens with one attached hydrogen (secondary N) is 2. The molecule has 0 bridgehead atoms. The summed E-state index contributed by atoms with van der Waals surface area (Å²) in [6, 6.07) is 16.7. The Bertz CT molecular complexity index is 963. The zero-order valence-corrected chi connectivity index (χ0v) is 21.7. The number of carbonyl (C=O) groups excluding carboxylic acids is 2. The van der Waals surface area contributed by atoms with Gasteiger partial charge in [0, 0.05) is 36.5 Å². The van der Waals surface area contributed by atoms with Crippen LogP contribution in [-0.4, -0.2) is 49.0 Å². The normalized spacial score (nSPS) is 19.9. The van der Waals surface area contributed by atoms with E-state index in [1.54, 1.807) is 0 Å². The number of para-hydroxylation sites is 1. The highest BCUT2D eigenvalue weighted by atomic mass is 16.5. The fourth-order valence-corrected chi connectivity index (χ4v) is 4.92. The van der Waals surface area contributed by atoms with Crippen molar-refractivity contribution in [2.24, 2.45) is 0 Å². The Kier molecular flexibility index (Phi) is 9.73. The molecule has 2 aromatic rings. The molecular weight excluding hydrogens is 438 g/mol. The van der Waals surface area contributed by atoms with E-state index in [0.29, 0.717) is 13.2 Å². The molecule has 0 saturated heterocycles. The van der Waals surface area contributed by atoms with E-state index in [1.165, 1.54) is 11.1 Å². The van der Waals surface area contributed by atoms with Crippen LogP contribution in [0.15, 0.2) is 48.5 Å². The molecular formula is C29H41N3O3. The van der Waals surface area contributed by atoms with E-state index in [-0.39, 0.29) is 36.2 Å². The molecule has 1 aliphatic carbocycles. The van der Waals surface area contributed by atoms with Crippen LogP contribution in [0.2, 0.25) is 0 Å². The van der Waals surface area contributed by atoms with E-state index < -0.39 is 0 Å². The van der Waals surface area contributed by atoms with Gasteiger partial charge in [-0.1, -0.05) is 48.0 Å². The summed E-state index contributed by atoms with van der Waals surface area (Å²) < 4.78 is 5.60. The number of aryl methyl sites for hydroxylation is 1. The highest BCUT2D eigenvalue weighted by molar-refractivity contribution is 5.83. The fraction of sp³-hybridized carbons (Fsp3) is 0.517. The van der Waals surface area contributed by atoms with Gasteiger partial charge in [-0.25, -0.2) is 0 Å². The van der Waals surface area contributed by atoms with Gasteiger partial charge in [-0.15, -0.1) is 0 Å². The van der Waals surface area contributed by atoms with Crippen molar-refractivity contribution in [1.29, 1.82) is 0 Å². The molecule has 0 spiro atoms. The lowest BCUT2D eigenvalue weighted by molar-refractivity contribution is -0.127. The predicted octanol–water partition coefficient (Wildman–Crippen LogP) is 4.39. The van der Waals surface area contributed by atoms with E-state index in [0.717, 1.165) is 43.4 Å². The van der Waals surface area contributed by atoms with Crippen LogP contribution < -0.4 is 15.4 Å². The fourth-order valence-electron chi connectivity index (χ4n) is 4.92. The van der Waals surface area contributed by atoms with Crippen molar-refractivity contribution in [3.63, 3.8) is 0 Å². The van der Waals surface area contributed by atoms with Gasteiger partial charge >= 0.3 is 0 Å². The quantitative estimate of drug-likeness (QED) is 0.501. The average molecular weight is 480 g/mol. The lowest BCUT2D eigenvalue weighted by Gasteiger charge is -2.45. The topological polar surface area (TPSA) is 70.7 Å². The summed E-state index contributed by atoms with van der Waals surface area (Å²) >= 11 is 0. The number of hydrogen-bond donors (Lipinski definition) is 2. The molecule has 35 heavy (non-hydrogen) atoms. The first-order valence-electron chi connectivity index (χ1n) is 12.8. The maximum absolute atomic E-state index is 12.5. The van der Waals surface area contributed by atoms with E-state index >= 15 is 0 Å². The molecule has 1 fully saturated rings. The Hall–Kier alpha value is -2.86. The second-order valence-corrected chi connectivity index (χ2v) is 9.94. The first kappa shape index (κ1) is 26.7. The van der Waals surface area contributed by atoms with Gasteiger partial charge in [0.1, 0.15) is 5.75 Å². The molecule has 190 valence electrons. The summed E-state index contributed by atoms with van der Waals surface area (Å²) in [4.78, 5) is 27.2. The van der Waals surface area contributed by atoms with Crippen LogP contribution in [-0.2, 0) is 22.6 Å². The average Bonchev–Trinajstić information content (AvgIpc) is 2.85. The number of amides is 2. The highest BCUT2D eigenvalue weighted by Crippen LogP contribution is 2.35. The van der Waals surface area contributed by atoms with Crippen molar-refractivity contribution >= 4 is 11.8 Å². The van der Waals surface area contributed by atoms with E-state index in [2.05, 4.69) is 60.8 Å². The SMILES string of the molecule is CCOc1ccccc1CNC(=O)CCC(=O)NC1CCC(Cc2ccc(C)cc2)(N(C)C)CC1. The minimum Gasteiger partial charge on any atom is -0.494 e. The van der Waals surface area contributed by atoms with E-state index in [4.69, 9.17) is 4.74 Å². The minimum atomic E-state index is -0.125. The van der Waals surface area contributed by atoms with Gasteiger partial charge in [0.15, 0.2) is 0 Å². The zero-order chi connectivity index (χ0) is 25.3. The van der Waals surface area contributed by atoms with E-state index in [1.807, 2.05) is 31.2 Å². The Balaban J connectivity index is 1.41. The molecule has 0 aliphatic heterocycles. The van der Waals surface area contributed by atoms with Crippen LogP contribution in [0.5, 0.6) is 5.75 Å². The summed E-state index contributed by atoms with van der Waals surface area (Å²) in [5.74, 6) is 0.608. The largest absolute Gasteiger partial charge is 0.494 e. The molecule has 0 heterocycles. The molecule has 2 aromatic carbocycles. The molecule has 2 N–H and O–H groups in total. The molecule has 6 nitrogen and oxygen atoms in total. The third-order valence-electron chi connectivity index (χ3n) is 7.21. The van der Waals surface area contributed by atoms with E-state index in [9.17, 15) is 9.59 Å². The smallest absolute Gasteiger partial charge is 0.220 e. The van der Waals surface area contributed by atoms with Crippen molar-refractivity contribution in [2.75, 3.05) is 20.7 Å². The molecule has 2 amide bonds. The van der Waals surface area contributed by atoms with Crippen LogP contribution in [0, 0.1) is 6.92 Å². The van der Waals surface area contributed by atoms with Gasteiger partial charge in [-0.2, -0.15) is 0 Å². The Labute approximate surface area is 210 Å². The van der Waals surface area contributed by atoms with Gasteiger partial charge < -0.3 is 20.3 Å². The predicted molar refractivity (Wildman–Crippen MR) is 140 cm³/mol. The van der Waals surface area contributed by atoms with Crippen LogP contribution in [0.1, 0.15) is 62.1 Å². The maximum Gasteiger partial charge on any atom is 0.220 e. The van der Waals surface area contributed by atoms with Gasteiger partial charge in [0.25, 0.3) is 0 Å². The third kappa shape index (κ3) is 7.82. The monoisotopic (exact) mass is 479 g/mol. The molecule has 0 radical (unpaired) electrons. The number of benzene rings is 2. The summed E-state index contributed by atoms with van der Waals surface area (Å²) in [5, 5.41) is 6.07. The van der Waals surface area contributed by atoms with Gasteiger partial charge in [-0.3, -0.25) is 9.59 Å². The Morgan fingerprint density at radius 3 is 2.31 bits per heavy atom. The van der Waals surface area contributed by atoms with Crippen LogP contribution in [0.25, 0.3) is 0 Å². The Morgan fingerprint density at radius 2 is 1.66 bits per heavy atom. The zero-order valence-electron chi connectivity index (χ0n) is 21.7. The van der Waals surface area contributed by atoms with Crippen LogP contribution in [0.4, 0.5) is 0 Å². The van der Waals surface area contributed by atoms with Crippen molar-refractivity contribution in [1.82, 2.24) is 15.5 Å². The first-order valence-corrected chi connectivity index (χ1v) is 12.8. The second kappa shape index (κ2) is 12.7. The summed E-state index contributed by atoms with van der Waals surface area (Å²) in [7, 11) is 4.33. The molecule has 0 unspecified atom stereocenters. The second-order valence-electron chi connectivity index (χ2n) is 9.94. The molecule has 0 atom stereocenters. The number of carbonyl (C=O) groups is 2. The maximum atomic E-state index is 12.5. The molecule has 6 heteroatoms.